The Morgan fingerprint density at radius 2 is 2.31 bits per heavy atom. The fourth-order valence-electron chi connectivity index (χ4n) is 1.06. The number of carbonyl (C=O) groups excluding carboxylic acids is 1. The number of carbonyl (C=O) groups is 1. The van der Waals surface area contributed by atoms with Crippen LogP contribution in [-0.4, -0.2) is 11.8 Å². The Morgan fingerprint density at radius 1 is 1.62 bits per heavy atom. The van der Waals surface area contributed by atoms with Gasteiger partial charge in [-0.25, -0.2) is 4.39 Å². The summed E-state index contributed by atoms with van der Waals surface area (Å²) in [5.74, 6) is -0.377. The van der Waals surface area contributed by atoms with Crippen LogP contribution in [0.5, 0.6) is 0 Å². The molecule has 0 aliphatic heterocycles. The van der Waals surface area contributed by atoms with Gasteiger partial charge in [0.05, 0.1) is 6.04 Å². The molecule has 0 saturated carbocycles. The van der Waals surface area contributed by atoms with Gasteiger partial charge >= 0.3 is 0 Å². The predicted molar refractivity (Wildman–Crippen MR) is 48.8 cm³/mol. The number of benzene rings is 1. The molecule has 0 heterocycles. The smallest absolute Gasteiger partial charge is 0.146 e. The zero-order valence-corrected chi connectivity index (χ0v) is 7.46. The summed E-state index contributed by atoms with van der Waals surface area (Å²) in [6.07, 6.45) is 0.396. The summed E-state index contributed by atoms with van der Waals surface area (Å²) in [5, 5.41) is 0. The van der Waals surface area contributed by atoms with Crippen molar-refractivity contribution < 1.29 is 9.18 Å². The van der Waals surface area contributed by atoms with Gasteiger partial charge in [-0.05, 0) is 31.0 Å². The van der Waals surface area contributed by atoms with E-state index >= 15 is 0 Å². The summed E-state index contributed by atoms with van der Waals surface area (Å²) in [4.78, 5) is 10.8. The minimum absolute atomic E-state index is 0.0794. The zero-order chi connectivity index (χ0) is 9.84. The molecule has 13 heavy (non-hydrogen) atoms. The van der Waals surface area contributed by atoms with Gasteiger partial charge in [-0.3, -0.25) is 4.79 Å². The van der Waals surface area contributed by atoms with Crippen molar-refractivity contribution in [2.75, 3.05) is 0 Å². The van der Waals surface area contributed by atoms with Crippen LogP contribution in [0.4, 0.5) is 4.39 Å². The summed E-state index contributed by atoms with van der Waals surface area (Å²) in [6, 6.07) is 5.59. The van der Waals surface area contributed by atoms with Crippen molar-refractivity contribution in [2.45, 2.75) is 19.4 Å². The number of hydrogen-bond acceptors (Lipinski definition) is 2. The van der Waals surface area contributed by atoms with E-state index in [1.54, 1.807) is 12.1 Å². The Labute approximate surface area is 76.6 Å². The minimum Gasteiger partial charge on any atom is -0.321 e. The molecule has 2 N–H and O–H groups in total. The van der Waals surface area contributed by atoms with Crippen LogP contribution in [0.3, 0.4) is 0 Å². The largest absolute Gasteiger partial charge is 0.321 e. The fraction of sp³-hybridized carbons (Fsp3) is 0.300. The Hall–Kier alpha value is -1.22. The molecule has 1 aromatic rings. The molecule has 1 rings (SSSR count). The maximum absolute atomic E-state index is 12.7. The Bertz CT molecular complexity index is 312. The number of halogens is 1. The highest BCUT2D eigenvalue weighted by molar-refractivity contribution is 5.81. The lowest BCUT2D eigenvalue weighted by atomic mass is 10.0. The van der Waals surface area contributed by atoms with Crippen molar-refractivity contribution in [1.29, 1.82) is 0 Å². The molecule has 0 aromatic heterocycles. The maximum atomic E-state index is 12.7. The minimum atomic E-state index is -0.526. The molecule has 3 heteroatoms. The first-order valence-corrected chi connectivity index (χ1v) is 4.10. The van der Waals surface area contributed by atoms with Gasteiger partial charge in [0.25, 0.3) is 0 Å². The summed E-state index contributed by atoms with van der Waals surface area (Å²) >= 11 is 0. The van der Waals surface area contributed by atoms with E-state index < -0.39 is 6.04 Å². The molecule has 70 valence electrons. The van der Waals surface area contributed by atoms with Gasteiger partial charge in [-0.15, -0.1) is 0 Å². The average molecular weight is 181 g/mol. The highest BCUT2D eigenvalue weighted by atomic mass is 19.1. The van der Waals surface area contributed by atoms with Crippen LogP contribution in [0.15, 0.2) is 24.3 Å². The van der Waals surface area contributed by atoms with Gasteiger partial charge < -0.3 is 5.73 Å². The maximum Gasteiger partial charge on any atom is 0.146 e. The van der Waals surface area contributed by atoms with Crippen LogP contribution in [0.1, 0.15) is 12.5 Å². The van der Waals surface area contributed by atoms with Crippen LogP contribution in [-0.2, 0) is 11.2 Å². The van der Waals surface area contributed by atoms with Crippen molar-refractivity contribution in [2.24, 2.45) is 5.73 Å². The lowest BCUT2D eigenvalue weighted by Crippen LogP contribution is -2.30. The lowest BCUT2D eigenvalue weighted by Gasteiger charge is -2.06. The molecule has 1 atom stereocenters. The predicted octanol–water partition coefficient (Wildman–Crippen LogP) is 1.28. The average Bonchev–Trinajstić information content (AvgIpc) is 2.04. The second-order valence-corrected chi connectivity index (χ2v) is 3.05. The molecule has 0 radical (unpaired) electrons. The molecular weight excluding hydrogens is 169 g/mol. The molecular formula is C10H12FNO. The molecule has 1 aromatic carbocycles. The van der Waals surface area contributed by atoms with Gasteiger partial charge in [0.1, 0.15) is 11.6 Å². The van der Waals surface area contributed by atoms with Crippen LogP contribution >= 0.6 is 0 Å². The summed E-state index contributed by atoms with van der Waals surface area (Å²) in [7, 11) is 0. The van der Waals surface area contributed by atoms with Crippen molar-refractivity contribution in [3.8, 4) is 0 Å². The SMILES string of the molecule is CC(=O)C(N)Cc1cccc(F)c1. The number of ketones is 1. The Morgan fingerprint density at radius 3 is 2.85 bits per heavy atom. The number of hydrogen-bond donors (Lipinski definition) is 1. The van der Waals surface area contributed by atoms with Crippen molar-refractivity contribution in [1.82, 2.24) is 0 Å². The second kappa shape index (κ2) is 4.14. The molecule has 0 bridgehead atoms. The van der Waals surface area contributed by atoms with Crippen molar-refractivity contribution >= 4 is 5.78 Å². The summed E-state index contributed by atoms with van der Waals surface area (Å²) < 4.78 is 12.7. The molecule has 0 fully saturated rings. The third-order valence-corrected chi connectivity index (χ3v) is 1.87. The standard InChI is InChI=1S/C10H12FNO/c1-7(13)10(12)6-8-3-2-4-9(11)5-8/h2-5,10H,6,12H2,1H3. The van der Waals surface area contributed by atoms with Crippen LogP contribution in [0.25, 0.3) is 0 Å². The van der Waals surface area contributed by atoms with Gasteiger partial charge in [0, 0.05) is 0 Å². The fourth-order valence-corrected chi connectivity index (χ4v) is 1.06. The molecule has 0 aliphatic rings. The van der Waals surface area contributed by atoms with E-state index in [0.717, 1.165) is 5.56 Å². The Kier molecular flexibility index (Phi) is 3.14. The first kappa shape index (κ1) is 9.86. The molecule has 0 spiro atoms. The number of nitrogens with two attached hydrogens (primary N) is 1. The third kappa shape index (κ3) is 2.95. The van der Waals surface area contributed by atoms with Gasteiger partial charge in [-0.1, -0.05) is 12.1 Å². The summed E-state index contributed by atoms with van der Waals surface area (Å²) in [6.45, 7) is 1.43. The lowest BCUT2D eigenvalue weighted by molar-refractivity contribution is -0.118. The van der Waals surface area contributed by atoms with Crippen LogP contribution < -0.4 is 5.73 Å². The molecule has 0 saturated heterocycles. The van der Waals surface area contributed by atoms with E-state index in [1.807, 2.05) is 0 Å². The highest BCUT2D eigenvalue weighted by Crippen LogP contribution is 2.05. The topological polar surface area (TPSA) is 43.1 Å². The van der Waals surface area contributed by atoms with E-state index in [1.165, 1.54) is 19.1 Å². The Balaban J connectivity index is 2.69. The van der Waals surface area contributed by atoms with E-state index in [4.69, 9.17) is 5.73 Å². The number of Topliss-reactive ketones (excluding diaryl/α,β-unsaturated/α-hetero) is 1. The van der Waals surface area contributed by atoms with Crippen LogP contribution in [0.2, 0.25) is 0 Å². The van der Waals surface area contributed by atoms with Gasteiger partial charge in [0.15, 0.2) is 0 Å². The van der Waals surface area contributed by atoms with E-state index in [9.17, 15) is 9.18 Å². The highest BCUT2D eigenvalue weighted by Gasteiger charge is 2.08. The molecule has 2 nitrogen and oxygen atoms in total. The molecule has 1 unspecified atom stereocenters. The first-order valence-electron chi connectivity index (χ1n) is 4.10. The molecule has 0 aliphatic carbocycles. The van der Waals surface area contributed by atoms with Crippen molar-refractivity contribution in [3.63, 3.8) is 0 Å². The molecule has 0 amide bonds. The van der Waals surface area contributed by atoms with Gasteiger partial charge in [0.2, 0.25) is 0 Å². The van der Waals surface area contributed by atoms with E-state index in [2.05, 4.69) is 0 Å². The normalized spacial score (nSPS) is 12.5. The van der Waals surface area contributed by atoms with E-state index in [0.29, 0.717) is 6.42 Å². The quantitative estimate of drug-likeness (QED) is 0.763. The van der Waals surface area contributed by atoms with Gasteiger partial charge in [-0.2, -0.15) is 0 Å². The third-order valence-electron chi connectivity index (χ3n) is 1.87. The number of rotatable bonds is 3. The summed E-state index contributed by atoms with van der Waals surface area (Å²) in [5.41, 5.74) is 6.28. The second-order valence-electron chi connectivity index (χ2n) is 3.05. The first-order chi connectivity index (χ1) is 6.09. The van der Waals surface area contributed by atoms with Crippen molar-refractivity contribution in [3.05, 3.63) is 35.6 Å². The van der Waals surface area contributed by atoms with E-state index in [-0.39, 0.29) is 11.6 Å². The zero-order valence-electron chi connectivity index (χ0n) is 7.46. The van der Waals surface area contributed by atoms with Crippen LogP contribution in [0, 0.1) is 5.82 Å². The monoisotopic (exact) mass is 181 g/mol.